The van der Waals surface area contributed by atoms with E-state index in [1.807, 2.05) is 0 Å². The third-order valence-corrected chi connectivity index (χ3v) is 5.59. The third kappa shape index (κ3) is 2.82. The molecule has 1 aliphatic heterocycles. The predicted molar refractivity (Wildman–Crippen MR) is 63.8 cm³/mol. The average Bonchev–Trinajstić information content (AvgIpc) is 3.08. The maximum absolute atomic E-state index is 12.2. The van der Waals surface area contributed by atoms with E-state index < -0.39 is 33.5 Å². The van der Waals surface area contributed by atoms with Gasteiger partial charge < -0.3 is 10.0 Å². The molecule has 18 heavy (non-hydrogen) atoms. The van der Waals surface area contributed by atoms with Crippen LogP contribution in [0.5, 0.6) is 0 Å². The van der Waals surface area contributed by atoms with Gasteiger partial charge in [0.15, 0.2) is 9.84 Å². The normalized spacial score (nSPS) is 26.6. The zero-order chi connectivity index (χ0) is 13.3. The van der Waals surface area contributed by atoms with E-state index in [9.17, 15) is 18.0 Å². The number of sulfone groups is 1. The highest BCUT2D eigenvalue weighted by Crippen LogP contribution is 2.30. The fourth-order valence-electron chi connectivity index (χ4n) is 2.34. The molecule has 2 rings (SSSR count). The summed E-state index contributed by atoms with van der Waals surface area (Å²) in [7, 11) is -3.39. The van der Waals surface area contributed by atoms with Gasteiger partial charge >= 0.3 is 5.97 Å². The Hall–Kier alpha value is -1.11. The zero-order valence-corrected chi connectivity index (χ0v) is 10.9. The molecule has 102 valence electrons. The summed E-state index contributed by atoms with van der Waals surface area (Å²) in [5.74, 6) is -1.57. The number of carboxylic acids is 1. The molecule has 1 saturated heterocycles. The van der Waals surface area contributed by atoms with Gasteiger partial charge in [0.05, 0.1) is 5.75 Å². The summed E-state index contributed by atoms with van der Waals surface area (Å²) in [4.78, 5) is 24.2. The van der Waals surface area contributed by atoms with E-state index >= 15 is 0 Å². The highest BCUT2D eigenvalue weighted by atomic mass is 32.2. The van der Waals surface area contributed by atoms with Gasteiger partial charge in [-0.1, -0.05) is 6.42 Å². The predicted octanol–water partition coefficient (Wildman–Crippen LogP) is 0.0293. The number of nitrogens with zero attached hydrogens (tertiary/aromatic N) is 1. The Morgan fingerprint density at radius 2 is 1.83 bits per heavy atom. The van der Waals surface area contributed by atoms with E-state index in [1.54, 1.807) is 0 Å². The highest BCUT2D eigenvalue weighted by Gasteiger charge is 2.42. The maximum Gasteiger partial charge on any atom is 0.323 e. The van der Waals surface area contributed by atoms with Crippen molar-refractivity contribution in [2.45, 2.75) is 43.4 Å². The quantitative estimate of drug-likeness (QED) is 0.781. The minimum atomic E-state index is -3.39. The molecular formula is C11H17NO5S. The first-order valence-electron chi connectivity index (χ1n) is 6.15. The Balaban J connectivity index is 2.14. The van der Waals surface area contributed by atoms with Gasteiger partial charge in [0.2, 0.25) is 5.91 Å². The van der Waals surface area contributed by atoms with Crippen molar-refractivity contribution in [3.8, 4) is 0 Å². The van der Waals surface area contributed by atoms with Crippen LogP contribution in [-0.2, 0) is 19.4 Å². The number of aliphatic carboxylic acids is 1. The van der Waals surface area contributed by atoms with Crippen LogP contribution >= 0.6 is 0 Å². The molecule has 1 saturated carbocycles. The van der Waals surface area contributed by atoms with E-state index in [2.05, 4.69) is 0 Å². The number of hydrogen-bond donors (Lipinski definition) is 1. The van der Waals surface area contributed by atoms with Crippen molar-refractivity contribution < 1.29 is 23.1 Å². The number of hydrogen-bond acceptors (Lipinski definition) is 4. The molecule has 1 N–H and O–H groups in total. The van der Waals surface area contributed by atoms with E-state index in [-0.39, 0.29) is 11.8 Å². The van der Waals surface area contributed by atoms with Gasteiger partial charge in [0.1, 0.15) is 11.8 Å². The first-order valence-corrected chi connectivity index (χ1v) is 7.87. The van der Waals surface area contributed by atoms with Crippen LogP contribution in [0.25, 0.3) is 0 Å². The molecule has 1 atom stereocenters. The second-order valence-electron chi connectivity index (χ2n) is 4.94. The summed E-state index contributed by atoms with van der Waals surface area (Å²) in [6, 6.07) is -0.0780. The number of rotatable bonds is 4. The Labute approximate surface area is 106 Å². The molecule has 2 fully saturated rings. The van der Waals surface area contributed by atoms with Crippen LogP contribution in [0.1, 0.15) is 32.1 Å². The van der Waals surface area contributed by atoms with Crippen LogP contribution in [0.15, 0.2) is 0 Å². The van der Waals surface area contributed by atoms with Gasteiger partial charge in [-0.3, -0.25) is 9.59 Å². The Kier molecular flexibility index (Phi) is 3.61. The van der Waals surface area contributed by atoms with Gasteiger partial charge in [-0.05, 0) is 25.7 Å². The fraction of sp³-hybridized carbons (Fsp3) is 0.818. The summed E-state index contributed by atoms with van der Waals surface area (Å²) >= 11 is 0. The van der Waals surface area contributed by atoms with Gasteiger partial charge in [0, 0.05) is 6.04 Å². The Bertz CT molecular complexity index is 454. The van der Waals surface area contributed by atoms with Gasteiger partial charge in [0.25, 0.3) is 0 Å². The fourth-order valence-corrected chi connectivity index (χ4v) is 4.20. The van der Waals surface area contributed by atoms with Gasteiger partial charge in [-0.25, -0.2) is 8.42 Å². The monoisotopic (exact) mass is 275 g/mol. The second-order valence-corrected chi connectivity index (χ2v) is 7.25. The number of amides is 1. The van der Waals surface area contributed by atoms with Crippen molar-refractivity contribution in [3.05, 3.63) is 0 Å². The molecule has 0 aromatic carbocycles. The summed E-state index contributed by atoms with van der Waals surface area (Å²) in [6.07, 6.45) is 3.16. The standard InChI is InChI=1S/C11H17NO5S/c13-10(14)7-12(8-4-5-8)11(15)9-3-1-2-6-18(9,16)17/h8-9H,1-7H2,(H,13,14). The highest BCUT2D eigenvalue weighted by molar-refractivity contribution is 7.92. The molecule has 0 radical (unpaired) electrons. The summed E-state index contributed by atoms with van der Waals surface area (Å²) < 4.78 is 23.7. The average molecular weight is 275 g/mol. The van der Waals surface area contributed by atoms with E-state index in [0.717, 1.165) is 12.8 Å². The SMILES string of the molecule is O=C(O)CN(C(=O)C1CCCCS1(=O)=O)C1CC1. The van der Waals surface area contributed by atoms with Gasteiger partial charge in [-0.2, -0.15) is 0 Å². The van der Waals surface area contributed by atoms with Crippen molar-refractivity contribution >= 4 is 21.7 Å². The van der Waals surface area contributed by atoms with Crippen LogP contribution < -0.4 is 0 Å². The minimum Gasteiger partial charge on any atom is -0.480 e. The topological polar surface area (TPSA) is 91.8 Å². The Morgan fingerprint density at radius 3 is 2.33 bits per heavy atom. The van der Waals surface area contributed by atoms with Crippen molar-refractivity contribution in [3.63, 3.8) is 0 Å². The lowest BCUT2D eigenvalue weighted by atomic mass is 10.1. The molecule has 0 spiro atoms. The summed E-state index contributed by atoms with van der Waals surface area (Å²) in [5.41, 5.74) is 0. The molecule has 2 aliphatic rings. The van der Waals surface area contributed by atoms with Crippen LogP contribution in [-0.4, -0.2) is 53.9 Å². The summed E-state index contributed by atoms with van der Waals surface area (Å²) in [6.45, 7) is -0.393. The molecule has 0 bridgehead atoms. The molecule has 7 heteroatoms. The minimum absolute atomic E-state index is 0.0367. The second kappa shape index (κ2) is 4.87. The van der Waals surface area contributed by atoms with Crippen LogP contribution in [0, 0.1) is 0 Å². The molecular weight excluding hydrogens is 258 g/mol. The molecule has 0 aromatic heterocycles. The van der Waals surface area contributed by atoms with Crippen LogP contribution in [0.4, 0.5) is 0 Å². The lowest BCUT2D eigenvalue weighted by molar-refractivity contribution is -0.144. The van der Waals surface area contributed by atoms with Crippen molar-refractivity contribution in [1.82, 2.24) is 4.90 Å². The molecule has 1 amide bonds. The third-order valence-electron chi connectivity index (χ3n) is 3.43. The first kappa shape index (κ1) is 13.3. The van der Waals surface area contributed by atoms with Crippen LogP contribution in [0.2, 0.25) is 0 Å². The largest absolute Gasteiger partial charge is 0.480 e. The number of carboxylic acid groups (broad SMARTS) is 1. The van der Waals surface area contributed by atoms with Crippen molar-refractivity contribution in [2.24, 2.45) is 0 Å². The lowest BCUT2D eigenvalue weighted by Gasteiger charge is -2.28. The lowest BCUT2D eigenvalue weighted by Crippen LogP contribution is -2.48. The Morgan fingerprint density at radius 1 is 1.17 bits per heavy atom. The van der Waals surface area contributed by atoms with E-state index in [1.165, 1.54) is 4.90 Å². The molecule has 0 aromatic rings. The van der Waals surface area contributed by atoms with E-state index in [4.69, 9.17) is 5.11 Å². The molecule has 1 unspecified atom stereocenters. The zero-order valence-electron chi connectivity index (χ0n) is 10.0. The number of carbonyl (C=O) groups is 2. The molecule has 1 aliphatic carbocycles. The first-order chi connectivity index (χ1) is 8.42. The summed E-state index contributed by atoms with van der Waals surface area (Å²) in [5, 5.41) is 7.77. The molecule has 6 nitrogen and oxygen atoms in total. The van der Waals surface area contributed by atoms with Crippen LogP contribution in [0.3, 0.4) is 0 Å². The maximum atomic E-state index is 12.2. The van der Waals surface area contributed by atoms with Gasteiger partial charge in [-0.15, -0.1) is 0 Å². The van der Waals surface area contributed by atoms with E-state index in [0.29, 0.717) is 19.3 Å². The molecule has 1 heterocycles. The van der Waals surface area contributed by atoms with Crippen molar-refractivity contribution in [1.29, 1.82) is 0 Å². The van der Waals surface area contributed by atoms with Crippen molar-refractivity contribution in [2.75, 3.05) is 12.3 Å². The number of carbonyl (C=O) groups excluding carboxylic acids is 1. The smallest absolute Gasteiger partial charge is 0.323 e.